The van der Waals surface area contributed by atoms with E-state index in [-0.39, 0.29) is 5.78 Å². The van der Waals surface area contributed by atoms with Gasteiger partial charge in [0, 0.05) is 27.0 Å². The molecular formula is C66H61F6O4PS. The highest BCUT2D eigenvalue weighted by Crippen LogP contribution is 2.56. The minimum atomic E-state index is -5.53. The molecule has 0 amide bonds. The van der Waals surface area contributed by atoms with Crippen molar-refractivity contribution in [1.82, 2.24) is 0 Å². The Morgan fingerprint density at radius 2 is 0.564 bits per heavy atom. The minimum Gasteiger partial charge on any atom is -0.309 e. The van der Waals surface area contributed by atoms with Gasteiger partial charge in [-0.15, -0.1) is 0 Å². The monoisotopic (exact) mass is 1090 g/mol. The van der Waals surface area contributed by atoms with E-state index in [1.165, 1.54) is 46.5 Å². The van der Waals surface area contributed by atoms with Crippen LogP contribution in [0.1, 0.15) is 71.6 Å². The third kappa shape index (κ3) is 14.1. The second-order valence-corrected chi connectivity index (χ2v) is 24.0. The third-order valence-electron chi connectivity index (χ3n) is 13.0. The van der Waals surface area contributed by atoms with Crippen molar-refractivity contribution >= 4 is 38.7 Å². The van der Waals surface area contributed by atoms with Crippen LogP contribution in [-0.4, -0.2) is 26.6 Å². The molecule has 4 nitrogen and oxygen atoms in total. The molecule has 0 bridgehead atoms. The van der Waals surface area contributed by atoms with Gasteiger partial charge in [0.15, 0.2) is 12.9 Å². The summed E-state index contributed by atoms with van der Waals surface area (Å²) in [4.78, 5) is 12.7. The van der Waals surface area contributed by atoms with E-state index in [2.05, 4.69) is 0 Å². The summed E-state index contributed by atoms with van der Waals surface area (Å²) >= 11 is 0. The van der Waals surface area contributed by atoms with Gasteiger partial charge in [0.25, 0.3) is 0 Å². The molecule has 12 heteroatoms. The van der Waals surface area contributed by atoms with Crippen molar-refractivity contribution in [1.29, 1.82) is 0 Å². The van der Waals surface area contributed by atoms with Gasteiger partial charge in [-0.1, -0.05) is 245 Å². The Labute approximate surface area is 454 Å². The number of hydrogen-bond donors (Lipinski definition) is 0. The van der Waals surface area contributed by atoms with Crippen molar-refractivity contribution < 1.29 is 44.1 Å². The molecular weight excluding hydrogens is 1030 g/mol. The largest absolute Gasteiger partial charge is 0.411 e. The van der Waals surface area contributed by atoms with Crippen LogP contribution in [0.5, 0.6) is 0 Å². The zero-order valence-electron chi connectivity index (χ0n) is 44.6. The SMILES string of the molecule is Cc1ccc(C(=O)c2ccc(C)cc2)cc1.Cc1ccc(C(c2ccc(C)cc2)(C(F)(F)F)C(F)(F)F)cc1.Cc1ccc(P(=O)(c2ccccc2)c2ccc(C)cc2)cc1.Cc1ccc(S(=O)(=O)c2ccc(C)cc2)cc1. The van der Waals surface area contributed by atoms with Crippen molar-refractivity contribution in [3.63, 3.8) is 0 Å². The molecule has 0 heterocycles. The van der Waals surface area contributed by atoms with E-state index in [1.807, 2.05) is 169 Å². The van der Waals surface area contributed by atoms with E-state index >= 15 is 0 Å². The molecule has 0 radical (unpaired) electrons. The van der Waals surface area contributed by atoms with Gasteiger partial charge in [-0.2, -0.15) is 26.3 Å². The second-order valence-electron chi connectivity index (χ2n) is 19.3. The van der Waals surface area contributed by atoms with Gasteiger partial charge in [-0.25, -0.2) is 8.42 Å². The Balaban J connectivity index is 0.000000170. The van der Waals surface area contributed by atoms with E-state index in [9.17, 15) is 44.1 Å². The van der Waals surface area contributed by atoms with Crippen LogP contribution in [0, 0.1) is 55.4 Å². The van der Waals surface area contributed by atoms with Crippen molar-refractivity contribution in [3.8, 4) is 0 Å². The molecule has 0 aromatic heterocycles. The Morgan fingerprint density at radius 3 is 0.833 bits per heavy atom. The van der Waals surface area contributed by atoms with Crippen LogP contribution in [0.2, 0.25) is 0 Å². The summed E-state index contributed by atoms with van der Waals surface area (Å²) in [6, 6.07) is 63.5. The van der Waals surface area contributed by atoms with E-state index in [0.29, 0.717) is 20.9 Å². The summed E-state index contributed by atoms with van der Waals surface area (Å²) in [6.45, 7) is 15.2. The fourth-order valence-corrected chi connectivity index (χ4v) is 12.2. The van der Waals surface area contributed by atoms with Gasteiger partial charge in [0.05, 0.1) is 9.79 Å². The average Bonchev–Trinajstić information content (AvgIpc) is 3.61. The van der Waals surface area contributed by atoms with Gasteiger partial charge < -0.3 is 4.57 Å². The number of carbonyl (C=O) groups excluding carboxylic acids is 1. The average molecular weight is 1100 g/mol. The molecule has 402 valence electrons. The molecule has 0 fully saturated rings. The number of carbonyl (C=O) groups is 1. The van der Waals surface area contributed by atoms with Gasteiger partial charge in [-0.3, -0.25) is 4.79 Å². The first kappa shape index (κ1) is 59.7. The topological polar surface area (TPSA) is 68.3 Å². The molecule has 9 aromatic rings. The van der Waals surface area contributed by atoms with Crippen molar-refractivity contribution in [2.45, 2.75) is 82.9 Å². The molecule has 0 aliphatic carbocycles. The summed E-state index contributed by atoms with van der Waals surface area (Å²) < 4.78 is 121. The normalized spacial score (nSPS) is 11.7. The molecule has 0 spiro atoms. The highest BCUT2D eigenvalue weighted by molar-refractivity contribution is 7.91. The first-order chi connectivity index (χ1) is 36.8. The zero-order chi connectivity index (χ0) is 57.1. The van der Waals surface area contributed by atoms with Gasteiger partial charge in [-0.05, 0) is 90.8 Å². The molecule has 0 unspecified atom stereocenters. The van der Waals surface area contributed by atoms with Crippen molar-refractivity contribution in [2.24, 2.45) is 0 Å². The number of hydrogen-bond acceptors (Lipinski definition) is 4. The number of halogens is 6. The van der Waals surface area contributed by atoms with Crippen LogP contribution in [0.3, 0.4) is 0 Å². The summed E-state index contributed by atoms with van der Waals surface area (Å²) in [6.07, 6.45) is -11.1. The van der Waals surface area contributed by atoms with Crippen LogP contribution >= 0.6 is 7.14 Å². The number of aryl methyl sites for hydroxylation is 8. The molecule has 0 saturated heterocycles. The first-order valence-electron chi connectivity index (χ1n) is 24.9. The second kappa shape index (κ2) is 25.3. The van der Waals surface area contributed by atoms with Crippen molar-refractivity contribution in [3.05, 3.63) is 291 Å². The molecule has 9 rings (SSSR count). The molecule has 0 aliphatic rings. The maximum Gasteiger partial charge on any atom is 0.411 e. The fraction of sp³-hybridized carbons (Fsp3) is 0.167. The highest BCUT2D eigenvalue weighted by atomic mass is 32.2. The third-order valence-corrected chi connectivity index (χ3v) is 17.9. The number of benzene rings is 9. The van der Waals surface area contributed by atoms with Gasteiger partial charge >= 0.3 is 12.4 Å². The zero-order valence-corrected chi connectivity index (χ0v) is 46.3. The molecule has 78 heavy (non-hydrogen) atoms. The van der Waals surface area contributed by atoms with E-state index in [1.54, 1.807) is 62.4 Å². The predicted octanol–water partition coefficient (Wildman–Crippen LogP) is 16.3. The minimum absolute atomic E-state index is 0.0833. The number of rotatable bonds is 9. The Bertz CT molecular complexity index is 3330. The highest BCUT2D eigenvalue weighted by Gasteiger charge is 2.72. The maximum absolute atomic E-state index is 14.0. The molecule has 9 aromatic carbocycles. The number of sulfone groups is 1. The maximum atomic E-state index is 14.0. The van der Waals surface area contributed by atoms with Gasteiger partial charge in [0.1, 0.15) is 0 Å². The lowest BCUT2D eigenvalue weighted by Gasteiger charge is -2.38. The molecule has 0 N–H and O–H groups in total. The van der Waals surface area contributed by atoms with E-state index < -0.39 is 45.9 Å². The number of ketones is 1. The quantitative estimate of drug-likeness (QED) is 0.0820. The number of alkyl halides is 6. The summed E-state index contributed by atoms with van der Waals surface area (Å²) in [5.41, 5.74) is 3.69. The van der Waals surface area contributed by atoms with Crippen LogP contribution < -0.4 is 15.9 Å². The Hall–Kier alpha value is -7.59. The standard InChI is InChI=1S/C20H19OP.C17H14F6.C15H14O.C14H14O2S/c1-16-8-12-19(13-9-16)22(21,18-6-4-3-5-7-18)20-14-10-17(2)11-15-20;1-11-3-7-13(8-4-11)15(16(18,19)20,17(21,22)23)14-9-5-12(2)6-10-14;1-11-3-7-13(8-4-11)15(16)14-9-5-12(2)6-10-14;1-11-3-7-13(8-4-11)17(15,16)14-9-5-12(2)6-10-14/h3-15H,1-2H3;3-10H,1-2H3;3-10H,1-2H3;3-10H,1-2H3. The van der Waals surface area contributed by atoms with Crippen LogP contribution in [-0.2, 0) is 19.8 Å². The fourth-order valence-electron chi connectivity index (χ4n) is 8.33. The lowest BCUT2D eigenvalue weighted by Crippen LogP contribution is -2.54. The smallest absolute Gasteiger partial charge is 0.309 e. The Kier molecular flexibility index (Phi) is 19.3. The molecule has 0 aliphatic heterocycles. The summed E-state index contributed by atoms with van der Waals surface area (Å²) in [5, 5.41) is 2.64. The molecule has 0 saturated carbocycles. The summed E-state index contributed by atoms with van der Waals surface area (Å²) in [7, 11) is -6.19. The summed E-state index contributed by atoms with van der Waals surface area (Å²) in [5.74, 6) is 0.0833. The lowest BCUT2D eigenvalue weighted by atomic mass is 9.72. The first-order valence-corrected chi connectivity index (χ1v) is 28.1. The molecule has 0 atom stereocenters. The van der Waals surface area contributed by atoms with Gasteiger partial charge in [0.2, 0.25) is 15.3 Å². The van der Waals surface area contributed by atoms with Crippen LogP contribution in [0.15, 0.2) is 234 Å². The van der Waals surface area contributed by atoms with Crippen molar-refractivity contribution in [2.75, 3.05) is 0 Å². The van der Waals surface area contributed by atoms with Crippen LogP contribution in [0.4, 0.5) is 26.3 Å². The Morgan fingerprint density at radius 1 is 0.333 bits per heavy atom. The van der Waals surface area contributed by atoms with E-state index in [0.717, 1.165) is 62.4 Å². The lowest BCUT2D eigenvalue weighted by molar-refractivity contribution is -0.288. The van der Waals surface area contributed by atoms with Crippen LogP contribution in [0.25, 0.3) is 0 Å². The van der Waals surface area contributed by atoms with E-state index in [4.69, 9.17) is 0 Å². The predicted molar refractivity (Wildman–Crippen MR) is 304 cm³/mol.